The number of benzene rings is 2. The topological polar surface area (TPSA) is 85.4 Å². The number of aromatic nitrogens is 2. The van der Waals surface area contributed by atoms with Gasteiger partial charge in [0, 0.05) is 11.8 Å². The predicted molar refractivity (Wildman–Crippen MR) is 107 cm³/mol. The molecule has 1 heterocycles. The average molecular weight is 378 g/mol. The van der Waals surface area contributed by atoms with Gasteiger partial charge in [-0.25, -0.2) is 9.97 Å². The minimum Gasteiger partial charge on any atom is -0.493 e. The van der Waals surface area contributed by atoms with Gasteiger partial charge in [0.15, 0.2) is 11.5 Å². The highest BCUT2D eigenvalue weighted by molar-refractivity contribution is 5.92. The van der Waals surface area contributed by atoms with Crippen molar-refractivity contribution in [2.45, 2.75) is 13.0 Å². The summed E-state index contributed by atoms with van der Waals surface area (Å²) >= 11 is 0. The smallest absolute Gasteiger partial charge is 0.271 e. The number of rotatable bonds is 7. The first-order valence-electron chi connectivity index (χ1n) is 8.77. The van der Waals surface area contributed by atoms with Crippen molar-refractivity contribution in [1.29, 1.82) is 0 Å². The van der Waals surface area contributed by atoms with Gasteiger partial charge in [0.2, 0.25) is 0 Å². The molecule has 1 atom stereocenters. The lowest BCUT2D eigenvalue weighted by Gasteiger charge is -2.14. The second-order valence-corrected chi connectivity index (χ2v) is 6.09. The quantitative estimate of drug-likeness (QED) is 0.652. The molecule has 0 aliphatic heterocycles. The van der Waals surface area contributed by atoms with Gasteiger partial charge in [-0.2, -0.15) is 0 Å². The number of nitrogens with zero attached hydrogens (tertiary/aromatic N) is 2. The molecule has 2 aromatic carbocycles. The number of carbonyl (C=O) groups excluding carboxylic acids is 1. The Kier molecular flexibility index (Phi) is 6.06. The summed E-state index contributed by atoms with van der Waals surface area (Å²) in [5.41, 5.74) is 2.04. The first kappa shape index (κ1) is 19.2. The van der Waals surface area contributed by atoms with Crippen molar-refractivity contribution in [3.8, 4) is 11.5 Å². The molecular formula is C21H22N4O3. The van der Waals surface area contributed by atoms with Crippen LogP contribution in [0.5, 0.6) is 11.5 Å². The number of amides is 1. The minimum absolute atomic E-state index is 0.125. The average Bonchev–Trinajstić information content (AvgIpc) is 2.74. The molecule has 0 fully saturated rings. The fraction of sp³-hybridized carbons (Fsp3) is 0.190. The number of nitrogens with one attached hydrogen (secondary N) is 2. The van der Waals surface area contributed by atoms with E-state index in [1.165, 1.54) is 12.4 Å². The summed E-state index contributed by atoms with van der Waals surface area (Å²) in [6.07, 6.45) is 2.95. The van der Waals surface area contributed by atoms with Gasteiger partial charge in [0.25, 0.3) is 5.91 Å². The molecule has 2 N–H and O–H groups in total. The van der Waals surface area contributed by atoms with E-state index in [2.05, 4.69) is 20.6 Å². The Morgan fingerprint density at radius 1 is 0.964 bits per heavy atom. The van der Waals surface area contributed by atoms with Gasteiger partial charge in [-0.3, -0.25) is 4.79 Å². The van der Waals surface area contributed by atoms with E-state index in [0.717, 1.165) is 11.3 Å². The lowest BCUT2D eigenvalue weighted by molar-refractivity contribution is 0.0934. The molecule has 3 aromatic rings. The zero-order chi connectivity index (χ0) is 19.9. The van der Waals surface area contributed by atoms with Crippen molar-refractivity contribution in [3.05, 3.63) is 72.2 Å². The van der Waals surface area contributed by atoms with Crippen molar-refractivity contribution in [2.24, 2.45) is 0 Å². The molecule has 0 saturated carbocycles. The van der Waals surface area contributed by atoms with Crippen LogP contribution in [0, 0.1) is 0 Å². The standard InChI is InChI=1S/C21H22N4O3/c1-14(15-7-5-4-6-8-15)24-21(26)17-12-23-20(13-22-17)25-16-9-10-18(27-2)19(11-16)28-3/h4-14H,1-3H3,(H,23,25)(H,24,26). The molecule has 3 rings (SSSR count). The third-order valence-corrected chi connectivity index (χ3v) is 4.19. The molecule has 7 heteroatoms. The van der Waals surface area contributed by atoms with E-state index >= 15 is 0 Å². The Balaban J connectivity index is 1.65. The van der Waals surface area contributed by atoms with Crippen LogP contribution in [0.3, 0.4) is 0 Å². The lowest BCUT2D eigenvalue weighted by atomic mass is 10.1. The van der Waals surface area contributed by atoms with Gasteiger partial charge in [-0.1, -0.05) is 30.3 Å². The van der Waals surface area contributed by atoms with Gasteiger partial charge in [-0.15, -0.1) is 0 Å². The Morgan fingerprint density at radius 3 is 2.36 bits per heavy atom. The summed E-state index contributed by atoms with van der Waals surface area (Å²) in [6.45, 7) is 1.92. The zero-order valence-electron chi connectivity index (χ0n) is 16.0. The molecular weight excluding hydrogens is 356 g/mol. The maximum Gasteiger partial charge on any atom is 0.271 e. The molecule has 1 amide bonds. The molecule has 0 aliphatic carbocycles. The Morgan fingerprint density at radius 2 is 1.71 bits per heavy atom. The number of hydrogen-bond donors (Lipinski definition) is 2. The zero-order valence-corrected chi connectivity index (χ0v) is 16.0. The van der Waals surface area contributed by atoms with Crippen molar-refractivity contribution in [2.75, 3.05) is 19.5 Å². The van der Waals surface area contributed by atoms with E-state index in [4.69, 9.17) is 9.47 Å². The van der Waals surface area contributed by atoms with Crippen molar-refractivity contribution in [1.82, 2.24) is 15.3 Å². The van der Waals surface area contributed by atoms with E-state index in [1.54, 1.807) is 26.4 Å². The number of anilines is 2. The third-order valence-electron chi connectivity index (χ3n) is 4.19. The van der Waals surface area contributed by atoms with Crippen LogP contribution in [-0.4, -0.2) is 30.1 Å². The van der Waals surface area contributed by atoms with Crippen molar-refractivity contribution >= 4 is 17.4 Å². The number of hydrogen-bond acceptors (Lipinski definition) is 6. The van der Waals surface area contributed by atoms with Gasteiger partial charge in [0.05, 0.1) is 32.7 Å². The van der Waals surface area contributed by atoms with Crippen LogP contribution in [0.15, 0.2) is 60.9 Å². The normalized spacial score (nSPS) is 11.4. The fourth-order valence-corrected chi connectivity index (χ4v) is 2.67. The first-order valence-corrected chi connectivity index (χ1v) is 8.77. The highest BCUT2D eigenvalue weighted by Gasteiger charge is 2.13. The molecule has 0 saturated heterocycles. The van der Waals surface area contributed by atoms with Crippen LogP contribution < -0.4 is 20.1 Å². The first-order chi connectivity index (χ1) is 13.6. The highest BCUT2D eigenvalue weighted by Crippen LogP contribution is 2.30. The van der Waals surface area contributed by atoms with Gasteiger partial charge in [0.1, 0.15) is 11.5 Å². The van der Waals surface area contributed by atoms with Crippen LogP contribution in [0.4, 0.5) is 11.5 Å². The van der Waals surface area contributed by atoms with E-state index in [-0.39, 0.29) is 17.6 Å². The Hall–Kier alpha value is -3.61. The van der Waals surface area contributed by atoms with Gasteiger partial charge < -0.3 is 20.1 Å². The molecule has 7 nitrogen and oxygen atoms in total. The maximum atomic E-state index is 12.4. The minimum atomic E-state index is -0.276. The summed E-state index contributed by atoms with van der Waals surface area (Å²) in [5, 5.41) is 6.04. The largest absolute Gasteiger partial charge is 0.493 e. The van der Waals surface area contributed by atoms with Crippen molar-refractivity contribution in [3.63, 3.8) is 0 Å². The molecule has 0 aliphatic rings. The van der Waals surface area contributed by atoms with Gasteiger partial charge in [-0.05, 0) is 24.6 Å². The Labute approximate surface area is 163 Å². The molecule has 0 spiro atoms. The number of carbonyl (C=O) groups is 1. The Bertz CT molecular complexity index is 930. The van der Waals surface area contributed by atoms with Crippen molar-refractivity contribution < 1.29 is 14.3 Å². The molecule has 28 heavy (non-hydrogen) atoms. The van der Waals surface area contributed by atoms with Crippen LogP contribution in [-0.2, 0) is 0 Å². The summed E-state index contributed by atoms with van der Waals surface area (Å²) in [4.78, 5) is 20.9. The fourth-order valence-electron chi connectivity index (χ4n) is 2.67. The third kappa shape index (κ3) is 4.56. The van der Waals surface area contributed by atoms with Crippen LogP contribution in [0.2, 0.25) is 0 Å². The second kappa shape index (κ2) is 8.85. The summed E-state index contributed by atoms with van der Waals surface area (Å²) < 4.78 is 10.5. The van der Waals surface area contributed by atoms with Crippen LogP contribution in [0.25, 0.3) is 0 Å². The van der Waals surface area contributed by atoms with E-state index < -0.39 is 0 Å². The van der Waals surface area contributed by atoms with E-state index in [0.29, 0.717) is 17.3 Å². The highest BCUT2D eigenvalue weighted by atomic mass is 16.5. The molecule has 1 aromatic heterocycles. The SMILES string of the molecule is COc1ccc(Nc2cnc(C(=O)NC(C)c3ccccc3)cn2)cc1OC. The predicted octanol–water partition coefficient (Wildman–Crippen LogP) is 3.73. The molecule has 0 radical (unpaired) electrons. The molecule has 144 valence electrons. The van der Waals surface area contributed by atoms with E-state index in [1.807, 2.05) is 43.3 Å². The summed E-state index contributed by atoms with van der Waals surface area (Å²) in [7, 11) is 3.16. The monoisotopic (exact) mass is 378 g/mol. The van der Waals surface area contributed by atoms with Crippen LogP contribution in [0.1, 0.15) is 29.0 Å². The molecule has 1 unspecified atom stereocenters. The van der Waals surface area contributed by atoms with Crippen LogP contribution >= 0.6 is 0 Å². The summed E-state index contributed by atoms with van der Waals surface area (Å²) in [6, 6.07) is 15.0. The lowest BCUT2D eigenvalue weighted by Crippen LogP contribution is -2.27. The van der Waals surface area contributed by atoms with E-state index in [9.17, 15) is 4.79 Å². The number of methoxy groups -OCH3 is 2. The summed E-state index contributed by atoms with van der Waals surface area (Å²) in [5.74, 6) is 1.48. The maximum absolute atomic E-state index is 12.4. The second-order valence-electron chi connectivity index (χ2n) is 6.09. The van der Waals surface area contributed by atoms with Gasteiger partial charge >= 0.3 is 0 Å². The molecule has 0 bridgehead atoms. The number of ether oxygens (including phenoxy) is 2.